The number of anilines is 1. The van der Waals surface area contributed by atoms with Gasteiger partial charge in [0, 0.05) is 46.5 Å². The third kappa shape index (κ3) is 8.11. The lowest BCUT2D eigenvalue weighted by molar-refractivity contribution is 0.152. The number of halogens is 1. The van der Waals surface area contributed by atoms with E-state index in [1.165, 1.54) is 11.3 Å². The molecule has 0 atom stereocenters. The molecule has 0 aliphatic rings. The normalized spacial score (nSPS) is 10.8. The van der Waals surface area contributed by atoms with Gasteiger partial charge in [0.05, 0.1) is 6.61 Å². The zero-order valence-electron chi connectivity index (χ0n) is 13.3. The number of hydrogen-bond acceptors (Lipinski definition) is 3. The van der Waals surface area contributed by atoms with Crippen LogP contribution in [-0.2, 0) is 11.3 Å². The molecule has 0 amide bonds. The van der Waals surface area contributed by atoms with Crippen LogP contribution in [0.15, 0.2) is 29.3 Å². The van der Waals surface area contributed by atoms with Crippen LogP contribution in [0.5, 0.6) is 0 Å². The molecule has 0 saturated heterocycles. The number of guanidine groups is 1. The van der Waals surface area contributed by atoms with Gasteiger partial charge in [-0.25, -0.2) is 0 Å². The molecule has 0 heterocycles. The lowest BCUT2D eigenvalue weighted by atomic mass is 10.2. The van der Waals surface area contributed by atoms with Crippen molar-refractivity contribution in [3.63, 3.8) is 0 Å². The Morgan fingerprint density at radius 1 is 1.19 bits per heavy atom. The molecule has 120 valence electrons. The van der Waals surface area contributed by atoms with Gasteiger partial charge in [0.25, 0.3) is 0 Å². The fourth-order valence-electron chi connectivity index (χ4n) is 1.70. The van der Waals surface area contributed by atoms with Crippen molar-refractivity contribution in [2.45, 2.75) is 13.5 Å². The van der Waals surface area contributed by atoms with E-state index in [0.29, 0.717) is 6.61 Å². The monoisotopic (exact) mass is 406 g/mol. The van der Waals surface area contributed by atoms with Gasteiger partial charge < -0.3 is 20.3 Å². The molecule has 0 radical (unpaired) electrons. The second-order valence-corrected chi connectivity index (χ2v) is 4.61. The number of benzene rings is 1. The number of aliphatic imine (C=N–C) groups is 1. The number of nitrogens with zero attached hydrogens (tertiary/aromatic N) is 2. The molecule has 0 spiro atoms. The van der Waals surface area contributed by atoms with Crippen LogP contribution in [0.3, 0.4) is 0 Å². The summed E-state index contributed by atoms with van der Waals surface area (Å²) in [4.78, 5) is 6.27. The van der Waals surface area contributed by atoms with E-state index < -0.39 is 0 Å². The van der Waals surface area contributed by atoms with Crippen molar-refractivity contribution in [2.75, 3.05) is 45.8 Å². The summed E-state index contributed by atoms with van der Waals surface area (Å²) in [5.74, 6) is 0.793. The summed E-state index contributed by atoms with van der Waals surface area (Å²) in [6, 6.07) is 8.47. The Balaban J connectivity index is 0.00000400. The average Bonchev–Trinajstić information content (AvgIpc) is 2.47. The van der Waals surface area contributed by atoms with Crippen LogP contribution in [0.4, 0.5) is 5.69 Å². The zero-order valence-corrected chi connectivity index (χ0v) is 15.7. The zero-order chi connectivity index (χ0) is 14.8. The maximum Gasteiger partial charge on any atom is 0.191 e. The van der Waals surface area contributed by atoms with Crippen LogP contribution < -0.4 is 15.5 Å². The average molecular weight is 406 g/mol. The Bertz CT molecular complexity index is 407. The number of rotatable bonds is 7. The molecule has 0 fully saturated rings. The molecule has 2 N–H and O–H groups in total. The molecule has 0 aliphatic heterocycles. The van der Waals surface area contributed by atoms with E-state index in [4.69, 9.17) is 4.74 Å². The van der Waals surface area contributed by atoms with Gasteiger partial charge in [0.15, 0.2) is 5.96 Å². The SMILES string of the molecule is CCOCCNC(=NC)NCc1ccc(N(C)C)cc1.I. The van der Waals surface area contributed by atoms with Gasteiger partial charge in [0.1, 0.15) is 0 Å². The van der Waals surface area contributed by atoms with Gasteiger partial charge in [-0.2, -0.15) is 0 Å². The van der Waals surface area contributed by atoms with Crippen LogP contribution in [0.1, 0.15) is 12.5 Å². The molecule has 0 saturated carbocycles. The standard InChI is InChI=1S/C15H26N4O.HI/c1-5-20-11-10-17-15(16-2)18-12-13-6-8-14(9-7-13)19(3)4;/h6-9H,5,10-12H2,1-4H3,(H2,16,17,18);1H. The second kappa shape index (κ2) is 11.6. The van der Waals surface area contributed by atoms with E-state index in [-0.39, 0.29) is 24.0 Å². The topological polar surface area (TPSA) is 48.9 Å². The largest absolute Gasteiger partial charge is 0.380 e. The smallest absolute Gasteiger partial charge is 0.191 e. The lowest BCUT2D eigenvalue weighted by Gasteiger charge is -2.14. The van der Waals surface area contributed by atoms with Crippen LogP contribution >= 0.6 is 24.0 Å². The first-order valence-corrected chi connectivity index (χ1v) is 6.96. The summed E-state index contributed by atoms with van der Waals surface area (Å²) in [6.45, 7) is 4.93. The highest BCUT2D eigenvalue weighted by Gasteiger charge is 1.99. The summed E-state index contributed by atoms with van der Waals surface area (Å²) >= 11 is 0. The molecule has 0 bridgehead atoms. The van der Waals surface area contributed by atoms with Crippen molar-refractivity contribution in [3.05, 3.63) is 29.8 Å². The van der Waals surface area contributed by atoms with E-state index in [1.54, 1.807) is 7.05 Å². The van der Waals surface area contributed by atoms with Gasteiger partial charge in [-0.15, -0.1) is 24.0 Å². The Morgan fingerprint density at radius 2 is 1.86 bits per heavy atom. The van der Waals surface area contributed by atoms with Gasteiger partial charge in [0.2, 0.25) is 0 Å². The first kappa shape index (κ1) is 20.0. The Morgan fingerprint density at radius 3 is 2.38 bits per heavy atom. The molecule has 0 aliphatic carbocycles. The highest BCUT2D eigenvalue weighted by Crippen LogP contribution is 2.11. The van der Waals surface area contributed by atoms with E-state index in [2.05, 4.69) is 44.8 Å². The molecule has 21 heavy (non-hydrogen) atoms. The molecule has 6 heteroatoms. The molecule has 0 aromatic heterocycles. The van der Waals surface area contributed by atoms with E-state index >= 15 is 0 Å². The predicted octanol–water partition coefficient (Wildman–Crippen LogP) is 2.07. The molecular formula is C15H27IN4O. The lowest BCUT2D eigenvalue weighted by Crippen LogP contribution is -2.38. The Labute approximate surface area is 145 Å². The van der Waals surface area contributed by atoms with E-state index in [0.717, 1.165) is 25.7 Å². The number of ether oxygens (including phenoxy) is 1. The molecule has 0 unspecified atom stereocenters. The number of hydrogen-bond donors (Lipinski definition) is 2. The Hall–Kier alpha value is -1.02. The molecule has 1 aromatic carbocycles. The van der Waals surface area contributed by atoms with Crippen molar-refractivity contribution in [1.82, 2.24) is 10.6 Å². The minimum absolute atomic E-state index is 0. The fourth-order valence-corrected chi connectivity index (χ4v) is 1.70. The third-order valence-corrected chi connectivity index (χ3v) is 2.88. The summed E-state index contributed by atoms with van der Waals surface area (Å²) < 4.78 is 5.28. The summed E-state index contributed by atoms with van der Waals surface area (Å²) in [6.07, 6.45) is 0. The summed E-state index contributed by atoms with van der Waals surface area (Å²) in [5, 5.41) is 6.49. The third-order valence-electron chi connectivity index (χ3n) is 2.88. The highest BCUT2D eigenvalue weighted by molar-refractivity contribution is 14.0. The summed E-state index contributed by atoms with van der Waals surface area (Å²) in [7, 11) is 5.85. The van der Waals surface area contributed by atoms with Gasteiger partial charge >= 0.3 is 0 Å². The molecule has 1 rings (SSSR count). The van der Waals surface area contributed by atoms with Crippen LogP contribution in [0, 0.1) is 0 Å². The fraction of sp³-hybridized carbons (Fsp3) is 0.533. The molecule has 5 nitrogen and oxygen atoms in total. The van der Waals surface area contributed by atoms with Crippen LogP contribution in [-0.4, -0.2) is 46.9 Å². The highest BCUT2D eigenvalue weighted by atomic mass is 127. The quantitative estimate of drug-likeness (QED) is 0.315. The first-order valence-electron chi connectivity index (χ1n) is 6.96. The summed E-state index contributed by atoms with van der Waals surface area (Å²) in [5.41, 5.74) is 2.43. The van der Waals surface area contributed by atoms with E-state index in [1.807, 2.05) is 21.0 Å². The predicted molar refractivity (Wildman–Crippen MR) is 101 cm³/mol. The maximum atomic E-state index is 5.28. The first-order chi connectivity index (χ1) is 9.67. The minimum Gasteiger partial charge on any atom is -0.380 e. The van der Waals surface area contributed by atoms with Gasteiger partial charge in [-0.1, -0.05) is 12.1 Å². The minimum atomic E-state index is 0. The van der Waals surface area contributed by atoms with Crippen molar-refractivity contribution in [2.24, 2.45) is 4.99 Å². The Kier molecular flexibility index (Phi) is 11.1. The van der Waals surface area contributed by atoms with Crippen LogP contribution in [0.2, 0.25) is 0 Å². The van der Waals surface area contributed by atoms with Crippen molar-refractivity contribution >= 4 is 35.6 Å². The molecular weight excluding hydrogens is 379 g/mol. The second-order valence-electron chi connectivity index (χ2n) is 4.61. The van der Waals surface area contributed by atoms with Crippen LogP contribution in [0.25, 0.3) is 0 Å². The van der Waals surface area contributed by atoms with Crippen molar-refractivity contribution < 1.29 is 4.74 Å². The van der Waals surface area contributed by atoms with Crippen molar-refractivity contribution in [3.8, 4) is 0 Å². The number of nitrogens with one attached hydrogen (secondary N) is 2. The molecule has 1 aromatic rings. The van der Waals surface area contributed by atoms with Gasteiger partial charge in [-0.3, -0.25) is 4.99 Å². The van der Waals surface area contributed by atoms with Gasteiger partial charge in [-0.05, 0) is 24.6 Å². The maximum absolute atomic E-state index is 5.28. The van der Waals surface area contributed by atoms with E-state index in [9.17, 15) is 0 Å². The van der Waals surface area contributed by atoms with Crippen molar-refractivity contribution in [1.29, 1.82) is 0 Å².